The number of carboxylic acid groups (broad SMARTS) is 1. The number of hydrogen-bond acceptors (Lipinski definition) is 8. The lowest BCUT2D eigenvalue weighted by Gasteiger charge is -2.34. The molecule has 5 rings (SSSR count). The van der Waals surface area contributed by atoms with E-state index in [1.807, 2.05) is 0 Å². The van der Waals surface area contributed by atoms with Crippen LogP contribution < -0.4 is 14.8 Å². The first kappa shape index (κ1) is 34.4. The van der Waals surface area contributed by atoms with Crippen LogP contribution >= 0.6 is 0 Å². The van der Waals surface area contributed by atoms with Gasteiger partial charge >= 0.3 is 18.4 Å². The summed E-state index contributed by atoms with van der Waals surface area (Å²) < 4.78 is 86.0. The van der Waals surface area contributed by atoms with Gasteiger partial charge in [0.25, 0.3) is 5.92 Å². The molecule has 1 saturated carbocycles. The summed E-state index contributed by atoms with van der Waals surface area (Å²) in [6.07, 6.45) is -6.49. The lowest BCUT2D eigenvalue weighted by molar-refractivity contribution is -0.274. The molecular weight excluding hydrogens is 635 g/mol. The van der Waals surface area contributed by atoms with Crippen LogP contribution in [0.1, 0.15) is 71.9 Å². The number of halogens is 5. The number of carbonyl (C=O) groups excluding carboxylic acids is 2. The Labute approximate surface area is 267 Å². The Hall–Kier alpha value is -3.98. The van der Waals surface area contributed by atoms with Gasteiger partial charge < -0.3 is 29.5 Å². The predicted octanol–water partition coefficient (Wildman–Crippen LogP) is 5.79. The van der Waals surface area contributed by atoms with Crippen molar-refractivity contribution < 1.29 is 55.7 Å². The molecule has 6 atom stereocenters. The fraction of sp³-hybridized carbons (Fsp3) is 0.645. The summed E-state index contributed by atoms with van der Waals surface area (Å²) in [5.41, 5.74) is -2.11. The largest absolute Gasteiger partial charge is 0.573 e. The number of carboxylic acids is 1. The topological polar surface area (TPSA) is 140 Å². The van der Waals surface area contributed by atoms with Crippen LogP contribution in [0, 0.1) is 17.3 Å². The van der Waals surface area contributed by atoms with Crippen molar-refractivity contribution >= 4 is 29.0 Å². The Morgan fingerprint density at radius 1 is 1.11 bits per heavy atom. The number of fused-ring (bicyclic) bond motifs is 5. The molecule has 2 bridgehead atoms. The standard InChI is InChI=1S/C31H37F5N4O7/c1-5-17-21-14-40(22(17)27(42)43)26(41)24(29(2,3)4)39-28(44)46-20-12-15(20)8-6-7-11-30(32,33)23-25(45-21)38-19-13-16(47-31(34,35)36)9-10-18(19)37-23/h9-10,13,15,17,20-22,24H,5-8,11-12,14H2,1-4H3,(H,39,44)(H,42,43)/t15-,17-,20-,21+,22+,24-/m1/s1. The summed E-state index contributed by atoms with van der Waals surface area (Å²) in [4.78, 5) is 48.7. The molecule has 258 valence electrons. The molecule has 0 unspecified atom stereocenters. The quantitative estimate of drug-likeness (QED) is 0.388. The van der Waals surface area contributed by atoms with E-state index in [-0.39, 0.29) is 36.3 Å². The van der Waals surface area contributed by atoms with Crippen LogP contribution in [0.25, 0.3) is 11.0 Å². The van der Waals surface area contributed by atoms with Crippen LogP contribution in [0.15, 0.2) is 18.2 Å². The van der Waals surface area contributed by atoms with Crippen LogP contribution in [0.4, 0.5) is 26.7 Å². The maximum Gasteiger partial charge on any atom is 0.573 e. The molecule has 3 aliphatic rings. The number of aromatic nitrogens is 2. The van der Waals surface area contributed by atoms with Crippen molar-refractivity contribution in [3.63, 3.8) is 0 Å². The molecule has 1 aromatic carbocycles. The number of alkyl halides is 5. The van der Waals surface area contributed by atoms with Gasteiger partial charge in [-0.05, 0) is 49.1 Å². The van der Waals surface area contributed by atoms with Gasteiger partial charge in [0.2, 0.25) is 11.8 Å². The number of carbonyl (C=O) groups is 3. The van der Waals surface area contributed by atoms with E-state index in [4.69, 9.17) is 9.47 Å². The number of rotatable bonds is 3. The molecule has 0 radical (unpaired) electrons. The van der Waals surface area contributed by atoms with Gasteiger partial charge in [-0.15, -0.1) is 13.2 Å². The van der Waals surface area contributed by atoms with Crippen LogP contribution in [0.3, 0.4) is 0 Å². The lowest BCUT2D eigenvalue weighted by atomic mass is 9.85. The monoisotopic (exact) mass is 672 g/mol. The van der Waals surface area contributed by atoms with Gasteiger partial charge in [0.1, 0.15) is 30.0 Å². The van der Waals surface area contributed by atoms with Crippen LogP contribution in [-0.4, -0.2) is 75.1 Å². The highest BCUT2D eigenvalue weighted by Crippen LogP contribution is 2.43. The molecule has 11 nitrogen and oxygen atoms in total. The Balaban J connectivity index is 1.59. The zero-order valence-electron chi connectivity index (χ0n) is 26.3. The van der Waals surface area contributed by atoms with Crippen molar-refractivity contribution in [3.05, 3.63) is 23.9 Å². The molecule has 0 spiro atoms. The summed E-state index contributed by atoms with van der Waals surface area (Å²) in [5, 5.41) is 12.9. The van der Waals surface area contributed by atoms with E-state index in [2.05, 4.69) is 20.0 Å². The zero-order valence-corrected chi connectivity index (χ0v) is 26.3. The molecule has 3 heterocycles. The number of hydrogen-bond donors (Lipinski definition) is 2. The van der Waals surface area contributed by atoms with E-state index in [0.29, 0.717) is 19.3 Å². The number of nitrogens with one attached hydrogen (secondary N) is 1. The third kappa shape index (κ3) is 7.61. The second-order valence-electron chi connectivity index (χ2n) is 13.4. The molecule has 2 aliphatic heterocycles. The smallest absolute Gasteiger partial charge is 0.480 e. The zero-order chi connectivity index (χ0) is 34.5. The van der Waals surface area contributed by atoms with Gasteiger partial charge in [0.15, 0.2) is 5.69 Å². The molecular formula is C31H37F5N4O7. The Morgan fingerprint density at radius 2 is 1.83 bits per heavy atom. The van der Waals surface area contributed by atoms with Gasteiger partial charge in [-0.3, -0.25) is 4.79 Å². The minimum atomic E-state index is -5.02. The summed E-state index contributed by atoms with van der Waals surface area (Å²) in [7, 11) is 0. The lowest BCUT2D eigenvalue weighted by Crippen LogP contribution is -2.57. The fourth-order valence-corrected chi connectivity index (χ4v) is 6.35. The van der Waals surface area contributed by atoms with E-state index < -0.39 is 89.6 Å². The van der Waals surface area contributed by atoms with Gasteiger partial charge in [0, 0.05) is 18.4 Å². The van der Waals surface area contributed by atoms with Gasteiger partial charge in [-0.2, -0.15) is 8.78 Å². The van der Waals surface area contributed by atoms with Crippen LogP contribution in [-0.2, 0) is 20.2 Å². The first-order chi connectivity index (χ1) is 21.9. The normalized spacial score (nSPS) is 28.6. The third-order valence-electron chi connectivity index (χ3n) is 8.86. The molecule has 47 heavy (non-hydrogen) atoms. The van der Waals surface area contributed by atoms with E-state index in [0.717, 1.165) is 23.1 Å². The average molecular weight is 673 g/mol. The average Bonchev–Trinajstić information content (AvgIpc) is 3.58. The Kier molecular flexibility index (Phi) is 9.18. The Morgan fingerprint density at radius 3 is 2.47 bits per heavy atom. The van der Waals surface area contributed by atoms with Crippen molar-refractivity contribution in [2.75, 3.05) is 6.54 Å². The molecule has 1 saturated heterocycles. The summed E-state index contributed by atoms with van der Waals surface area (Å²) in [6, 6.07) is 0.219. The highest BCUT2D eigenvalue weighted by Gasteiger charge is 2.52. The SMILES string of the molecule is CC[C@@H]1[C@@H]2CN(C(=O)[C@H](C(C)(C)C)NC(=O)O[C@@H]3C[C@H]3CCCCC(F)(F)c3nc4ccc(OC(F)(F)F)cc4nc3O2)[C@@H]1C(=O)O. The van der Waals surface area contributed by atoms with E-state index >= 15 is 8.78 Å². The first-order valence-corrected chi connectivity index (χ1v) is 15.5. The first-order valence-electron chi connectivity index (χ1n) is 15.5. The molecule has 2 aromatic rings. The maximum absolute atomic E-state index is 15.9. The maximum atomic E-state index is 15.9. The van der Waals surface area contributed by atoms with Crippen LogP contribution in [0.5, 0.6) is 11.6 Å². The van der Waals surface area contributed by atoms with Gasteiger partial charge in [-0.25, -0.2) is 19.6 Å². The van der Waals surface area contributed by atoms with Crippen molar-refractivity contribution in [2.24, 2.45) is 17.3 Å². The van der Waals surface area contributed by atoms with Crippen molar-refractivity contribution in [1.82, 2.24) is 20.2 Å². The minimum absolute atomic E-state index is 0.0365. The number of nitrogens with zero attached hydrogens (tertiary/aromatic N) is 3. The van der Waals surface area contributed by atoms with Crippen LogP contribution in [0.2, 0.25) is 0 Å². The second-order valence-corrected chi connectivity index (χ2v) is 13.4. The van der Waals surface area contributed by atoms with Crippen molar-refractivity contribution in [1.29, 1.82) is 0 Å². The van der Waals surface area contributed by atoms with Gasteiger partial charge in [0.05, 0.1) is 17.6 Å². The number of alkyl carbamates (subject to hydrolysis) is 1. The highest BCUT2D eigenvalue weighted by atomic mass is 19.4. The molecule has 16 heteroatoms. The minimum Gasteiger partial charge on any atom is -0.480 e. The number of benzene rings is 1. The van der Waals surface area contributed by atoms with E-state index in [1.54, 1.807) is 27.7 Å². The highest BCUT2D eigenvalue weighted by molar-refractivity contribution is 5.90. The van der Waals surface area contributed by atoms with Gasteiger partial charge in [-0.1, -0.05) is 34.1 Å². The molecule has 1 aromatic heterocycles. The summed E-state index contributed by atoms with van der Waals surface area (Å²) in [6.45, 7) is 6.34. The second kappa shape index (κ2) is 12.6. The molecule has 2 N–H and O–H groups in total. The number of ether oxygens (including phenoxy) is 3. The van der Waals surface area contributed by atoms with Crippen molar-refractivity contribution in [2.45, 2.75) is 103 Å². The predicted molar refractivity (Wildman–Crippen MR) is 155 cm³/mol. The van der Waals surface area contributed by atoms with E-state index in [1.165, 1.54) is 0 Å². The molecule has 2 amide bonds. The Bertz CT molecular complexity index is 1530. The van der Waals surface area contributed by atoms with E-state index in [9.17, 15) is 32.7 Å². The number of aliphatic carboxylic acids is 1. The summed E-state index contributed by atoms with van der Waals surface area (Å²) in [5.74, 6) is -8.00. The molecule has 2 fully saturated rings. The summed E-state index contributed by atoms with van der Waals surface area (Å²) >= 11 is 0. The molecule has 1 aliphatic carbocycles. The van der Waals surface area contributed by atoms with Crippen molar-refractivity contribution in [3.8, 4) is 11.6 Å². The fourth-order valence-electron chi connectivity index (χ4n) is 6.35. The third-order valence-corrected chi connectivity index (χ3v) is 8.86. The number of amides is 2.